The van der Waals surface area contributed by atoms with Gasteiger partial charge in [-0.05, 0) is 32.1 Å². The molecule has 2 bridgehead atoms. The summed E-state index contributed by atoms with van der Waals surface area (Å²) in [5.41, 5.74) is 0. The Morgan fingerprint density at radius 2 is 1.58 bits per heavy atom. The fourth-order valence-electron chi connectivity index (χ4n) is 4.04. The molecule has 2 heterocycles. The van der Waals surface area contributed by atoms with Crippen molar-refractivity contribution < 1.29 is 24.2 Å². The molecule has 152 valence electrons. The van der Waals surface area contributed by atoms with E-state index in [2.05, 4.69) is 6.92 Å². The molecule has 6 nitrogen and oxygen atoms in total. The van der Waals surface area contributed by atoms with Crippen LogP contribution in [0.4, 0.5) is 0 Å². The van der Waals surface area contributed by atoms with E-state index in [0.717, 1.165) is 51.9 Å². The van der Waals surface area contributed by atoms with E-state index in [1.54, 1.807) is 0 Å². The summed E-state index contributed by atoms with van der Waals surface area (Å²) in [5, 5.41) is 9.67. The van der Waals surface area contributed by atoms with E-state index in [4.69, 9.17) is 19.4 Å². The second-order valence-electron chi connectivity index (χ2n) is 7.70. The molecule has 0 saturated carbocycles. The number of hydrogen-bond donors (Lipinski definition) is 1. The Morgan fingerprint density at radius 1 is 1.00 bits per heavy atom. The van der Waals surface area contributed by atoms with Crippen LogP contribution in [0.25, 0.3) is 0 Å². The van der Waals surface area contributed by atoms with Crippen LogP contribution in [0.15, 0.2) is 0 Å². The molecule has 2 saturated heterocycles. The largest absolute Gasteiger partial charge is 0.381 e. The fraction of sp³-hybridized carbons (Fsp3) is 0.950. The lowest BCUT2D eigenvalue weighted by Gasteiger charge is -2.27. The summed E-state index contributed by atoms with van der Waals surface area (Å²) in [4.78, 5) is 11.3. The lowest BCUT2D eigenvalue weighted by molar-refractivity contribution is -0.159. The zero-order chi connectivity index (χ0) is 18.8. The zero-order valence-corrected chi connectivity index (χ0v) is 16.5. The fourth-order valence-corrected chi connectivity index (χ4v) is 4.04. The van der Waals surface area contributed by atoms with Gasteiger partial charge < -0.3 is 14.2 Å². The molecule has 2 aliphatic heterocycles. The van der Waals surface area contributed by atoms with E-state index in [1.165, 1.54) is 26.3 Å². The summed E-state index contributed by atoms with van der Waals surface area (Å²) in [6, 6.07) is 0. The van der Waals surface area contributed by atoms with Crippen LogP contribution in [0.2, 0.25) is 0 Å². The number of carbonyl (C=O) groups is 1. The normalized spacial score (nSPS) is 27.2. The van der Waals surface area contributed by atoms with Crippen LogP contribution in [0.3, 0.4) is 0 Å². The molecule has 4 atom stereocenters. The van der Waals surface area contributed by atoms with Gasteiger partial charge in [-0.25, -0.2) is 5.06 Å². The minimum absolute atomic E-state index is 0.248. The van der Waals surface area contributed by atoms with Crippen LogP contribution in [0.1, 0.15) is 64.7 Å². The summed E-state index contributed by atoms with van der Waals surface area (Å²) in [5.74, 6) is 0.654. The predicted octanol–water partition coefficient (Wildman–Crippen LogP) is 3.41. The second kappa shape index (κ2) is 11.9. The summed E-state index contributed by atoms with van der Waals surface area (Å²) in [7, 11) is 1.36. The smallest absolute Gasteiger partial charge is 0.245 e. The lowest BCUT2D eigenvalue weighted by Crippen LogP contribution is -2.34. The molecule has 26 heavy (non-hydrogen) atoms. The van der Waals surface area contributed by atoms with E-state index in [-0.39, 0.29) is 5.91 Å². The molecular weight excluding hydrogens is 334 g/mol. The van der Waals surface area contributed by atoms with Crippen molar-refractivity contribution in [2.24, 2.45) is 11.8 Å². The minimum atomic E-state index is -0.248. The molecule has 6 heteroatoms. The van der Waals surface area contributed by atoms with E-state index < -0.39 is 0 Å². The number of unbranched alkanes of at least 4 members (excludes halogenated alkanes) is 4. The number of fused-ring (bicyclic) bond motifs is 2. The maximum Gasteiger partial charge on any atom is 0.245 e. The van der Waals surface area contributed by atoms with Gasteiger partial charge in [0.05, 0.1) is 25.4 Å². The molecule has 2 fully saturated rings. The number of amides is 1. The highest BCUT2D eigenvalue weighted by Crippen LogP contribution is 2.43. The van der Waals surface area contributed by atoms with Crippen molar-refractivity contribution in [3.05, 3.63) is 0 Å². The van der Waals surface area contributed by atoms with Crippen molar-refractivity contribution in [2.75, 3.05) is 33.5 Å². The van der Waals surface area contributed by atoms with Gasteiger partial charge in [0.2, 0.25) is 5.91 Å². The van der Waals surface area contributed by atoms with Crippen molar-refractivity contribution in [1.29, 1.82) is 0 Å². The van der Waals surface area contributed by atoms with Crippen LogP contribution in [0, 0.1) is 11.8 Å². The average Bonchev–Trinajstić information content (AvgIpc) is 3.22. The number of hydrogen-bond acceptors (Lipinski definition) is 5. The van der Waals surface area contributed by atoms with Gasteiger partial charge in [0, 0.05) is 38.5 Å². The number of ether oxygens (including phenoxy) is 3. The number of hydroxylamine groups is 2. The molecular formula is C20H37NO5. The molecule has 1 amide bonds. The summed E-state index contributed by atoms with van der Waals surface area (Å²) < 4.78 is 17.9. The SMILES string of the molecule is CCCCCCOCC1C2CCC(O2)C1COCCCCC(=O)N(C)O. The third-order valence-corrected chi connectivity index (χ3v) is 5.64. The quantitative estimate of drug-likeness (QED) is 0.288. The Kier molecular flexibility index (Phi) is 9.89. The first-order valence-electron chi connectivity index (χ1n) is 10.4. The zero-order valence-electron chi connectivity index (χ0n) is 16.5. The highest BCUT2D eigenvalue weighted by Gasteiger charge is 2.48. The molecule has 1 N–H and O–H groups in total. The Bertz CT molecular complexity index is 404. The average molecular weight is 372 g/mol. The van der Waals surface area contributed by atoms with Crippen molar-refractivity contribution in [3.63, 3.8) is 0 Å². The topological polar surface area (TPSA) is 68.2 Å². The highest BCUT2D eigenvalue weighted by atomic mass is 16.5. The maximum absolute atomic E-state index is 11.3. The third kappa shape index (κ3) is 6.80. The van der Waals surface area contributed by atoms with Gasteiger partial charge in [0.1, 0.15) is 0 Å². The minimum Gasteiger partial charge on any atom is -0.381 e. The molecule has 0 aromatic carbocycles. The van der Waals surface area contributed by atoms with Crippen molar-refractivity contribution in [3.8, 4) is 0 Å². The lowest BCUT2D eigenvalue weighted by atomic mass is 9.80. The maximum atomic E-state index is 11.3. The Hall–Kier alpha value is -0.690. The van der Waals surface area contributed by atoms with Crippen molar-refractivity contribution in [1.82, 2.24) is 5.06 Å². The van der Waals surface area contributed by atoms with Crippen LogP contribution < -0.4 is 0 Å². The molecule has 4 unspecified atom stereocenters. The number of nitrogens with zero attached hydrogens (tertiary/aromatic N) is 1. The van der Waals surface area contributed by atoms with E-state index in [0.29, 0.717) is 42.1 Å². The number of rotatable bonds is 14. The molecule has 0 aromatic rings. The van der Waals surface area contributed by atoms with Gasteiger partial charge in [0.25, 0.3) is 0 Å². The van der Waals surface area contributed by atoms with E-state index in [1.807, 2.05) is 0 Å². The van der Waals surface area contributed by atoms with Crippen molar-refractivity contribution in [2.45, 2.75) is 76.9 Å². The van der Waals surface area contributed by atoms with Gasteiger partial charge in [-0.2, -0.15) is 0 Å². The Balaban J connectivity index is 1.58. The van der Waals surface area contributed by atoms with E-state index in [9.17, 15) is 4.79 Å². The van der Waals surface area contributed by atoms with Gasteiger partial charge in [-0.1, -0.05) is 26.2 Å². The van der Waals surface area contributed by atoms with Crippen LogP contribution in [-0.4, -0.2) is 61.9 Å². The summed E-state index contributed by atoms with van der Waals surface area (Å²) >= 11 is 0. The van der Waals surface area contributed by atoms with Gasteiger partial charge in [0.15, 0.2) is 0 Å². The third-order valence-electron chi connectivity index (χ3n) is 5.64. The first kappa shape index (κ1) is 21.6. The monoisotopic (exact) mass is 371 g/mol. The van der Waals surface area contributed by atoms with Crippen LogP contribution in [0.5, 0.6) is 0 Å². The molecule has 0 aromatic heterocycles. The van der Waals surface area contributed by atoms with E-state index >= 15 is 0 Å². The summed E-state index contributed by atoms with van der Waals surface area (Å²) in [6.45, 7) is 5.24. The highest BCUT2D eigenvalue weighted by molar-refractivity contribution is 5.74. The van der Waals surface area contributed by atoms with Crippen LogP contribution in [-0.2, 0) is 19.0 Å². The molecule has 2 rings (SSSR count). The predicted molar refractivity (Wildman–Crippen MR) is 99.1 cm³/mol. The molecule has 2 aliphatic rings. The summed E-state index contributed by atoms with van der Waals surface area (Å²) in [6.07, 6.45) is 9.86. The van der Waals surface area contributed by atoms with Gasteiger partial charge in [-0.15, -0.1) is 0 Å². The van der Waals surface area contributed by atoms with Crippen molar-refractivity contribution >= 4 is 5.91 Å². The standard InChI is InChI=1S/C20H37NO5/c1-3-4-5-7-12-24-14-16-17(19-11-10-18(16)26-19)15-25-13-8-6-9-20(22)21(2)23/h16-19,23H,3-15H2,1-2H3. The Labute approximate surface area is 158 Å². The van der Waals surface area contributed by atoms with Gasteiger partial charge in [-0.3, -0.25) is 10.0 Å². The first-order chi connectivity index (χ1) is 12.6. The molecule has 0 spiro atoms. The number of carbonyl (C=O) groups excluding carboxylic acids is 1. The van der Waals surface area contributed by atoms with Crippen LogP contribution >= 0.6 is 0 Å². The van der Waals surface area contributed by atoms with Gasteiger partial charge >= 0.3 is 0 Å². The molecule has 0 radical (unpaired) electrons. The second-order valence-corrected chi connectivity index (χ2v) is 7.70. The first-order valence-corrected chi connectivity index (χ1v) is 10.4. The molecule has 0 aliphatic carbocycles. The Morgan fingerprint density at radius 3 is 2.12 bits per heavy atom.